The van der Waals surface area contributed by atoms with Gasteiger partial charge in [0, 0.05) is 67.0 Å². The van der Waals surface area contributed by atoms with Gasteiger partial charge in [0.15, 0.2) is 0 Å². The normalized spacial score (nSPS) is 11.9. The lowest BCUT2D eigenvalue weighted by Gasteiger charge is -2.30. The van der Waals surface area contributed by atoms with E-state index in [0.717, 1.165) is 17.1 Å². The summed E-state index contributed by atoms with van der Waals surface area (Å²) in [6.45, 7) is 35.9. The molecule has 0 aliphatic carbocycles. The molecule has 0 aliphatic heterocycles. The van der Waals surface area contributed by atoms with Gasteiger partial charge in [-0.3, -0.25) is 0 Å². The highest BCUT2D eigenvalue weighted by Crippen LogP contribution is 2.53. The number of fused-ring (bicyclic) bond motifs is 4. The zero-order chi connectivity index (χ0) is 78.4. The minimum Gasteiger partial charge on any atom is -0.310 e. The molecule has 0 radical (unpaired) electrons. The second-order valence-corrected chi connectivity index (χ2v) is 33.4. The molecule has 18 aromatic rings. The van der Waals surface area contributed by atoms with Gasteiger partial charge < -0.3 is 19.6 Å². The first-order valence-corrected chi connectivity index (χ1v) is 40.8. The van der Waals surface area contributed by atoms with Gasteiger partial charge in [-0.15, -0.1) is 0 Å². The van der Waals surface area contributed by atoms with Crippen LogP contribution in [-0.4, -0.2) is 0 Å². The molecule has 0 saturated carbocycles. The van der Waals surface area contributed by atoms with E-state index in [-0.39, 0.29) is 0 Å². The summed E-state index contributed by atoms with van der Waals surface area (Å²) in [6, 6.07) is 113. The average molecular weight is 1470 g/mol. The predicted octanol–water partition coefficient (Wildman–Crippen LogP) is 32.8. The molecule has 113 heavy (non-hydrogen) atoms. The van der Waals surface area contributed by atoms with Gasteiger partial charge in [0.25, 0.3) is 0 Å². The lowest BCUT2D eigenvalue weighted by molar-refractivity contribution is 0.856. The van der Waals surface area contributed by atoms with Gasteiger partial charge in [0.2, 0.25) is 0 Å². The Balaban J connectivity index is 0.000000164. The van der Waals surface area contributed by atoms with Crippen molar-refractivity contribution in [3.05, 3.63) is 358 Å². The fourth-order valence-electron chi connectivity index (χ4n) is 18.1. The molecule has 0 unspecified atom stereocenters. The fraction of sp³-hybridized carbons (Fsp3) is 0.193. The number of hydrogen-bond acceptors (Lipinski definition) is 4. The maximum atomic E-state index is 2.47. The number of benzene rings is 18. The second kappa shape index (κ2) is 29.8. The summed E-state index contributed by atoms with van der Waals surface area (Å²) in [5.41, 5.74) is 28.6. The topological polar surface area (TPSA) is 13.0 Å². The van der Waals surface area contributed by atoms with Crippen molar-refractivity contribution in [2.45, 2.75) is 140 Å². The molecule has 0 spiro atoms. The highest BCUT2D eigenvalue weighted by atomic mass is 15.2. The molecule has 0 saturated heterocycles. The first kappa shape index (κ1) is 73.6. The summed E-state index contributed by atoms with van der Waals surface area (Å²) in [5, 5.41) is 20.5. The molecule has 0 bridgehead atoms. The van der Waals surface area contributed by atoms with E-state index in [1.54, 1.807) is 0 Å². The van der Waals surface area contributed by atoms with E-state index in [4.69, 9.17) is 0 Å². The van der Waals surface area contributed by atoms with E-state index < -0.39 is 0 Å². The van der Waals surface area contributed by atoms with Gasteiger partial charge in [-0.25, -0.2) is 0 Å². The second-order valence-electron chi connectivity index (χ2n) is 33.4. The minimum atomic E-state index is 0.428. The van der Waals surface area contributed by atoms with Crippen LogP contribution in [0.4, 0.5) is 68.2 Å². The number of anilines is 12. The van der Waals surface area contributed by atoms with Crippen molar-refractivity contribution >= 4 is 154 Å². The predicted molar refractivity (Wildman–Crippen MR) is 493 cm³/mol. The molecular formula is C109H102N4. The van der Waals surface area contributed by atoms with Crippen LogP contribution in [-0.2, 0) is 0 Å². The van der Waals surface area contributed by atoms with Gasteiger partial charge >= 0.3 is 0 Å². The van der Waals surface area contributed by atoms with Crippen LogP contribution in [0.5, 0.6) is 0 Å². The number of rotatable bonds is 17. The molecule has 4 nitrogen and oxygen atoms in total. The zero-order valence-electron chi connectivity index (χ0n) is 68.5. The molecule has 4 heteroatoms. The van der Waals surface area contributed by atoms with Crippen molar-refractivity contribution in [2.24, 2.45) is 0 Å². The van der Waals surface area contributed by atoms with E-state index in [1.807, 2.05) is 0 Å². The van der Waals surface area contributed by atoms with Gasteiger partial charge in [-0.2, -0.15) is 0 Å². The highest BCUT2D eigenvalue weighted by molar-refractivity contribution is 6.37. The molecule has 0 atom stereocenters. The molecule has 558 valence electrons. The van der Waals surface area contributed by atoms with Crippen LogP contribution in [0.15, 0.2) is 297 Å². The summed E-state index contributed by atoms with van der Waals surface area (Å²) in [6.07, 6.45) is 0. The summed E-state index contributed by atoms with van der Waals surface area (Å²) < 4.78 is 0. The Labute approximate surface area is 668 Å². The summed E-state index contributed by atoms with van der Waals surface area (Å²) in [4.78, 5) is 9.83. The lowest BCUT2D eigenvalue weighted by Crippen LogP contribution is -2.12. The third-order valence-electron chi connectivity index (χ3n) is 24.2. The van der Waals surface area contributed by atoms with Crippen molar-refractivity contribution in [3.8, 4) is 0 Å². The van der Waals surface area contributed by atoms with Crippen molar-refractivity contribution in [1.82, 2.24) is 0 Å². The Morgan fingerprint density at radius 3 is 0.699 bits per heavy atom. The number of hydrogen-bond donors (Lipinski definition) is 0. The van der Waals surface area contributed by atoms with Crippen LogP contribution in [0.3, 0.4) is 0 Å². The largest absolute Gasteiger partial charge is 0.310 e. The fourth-order valence-corrected chi connectivity index (χ4v) is 18.1. The average Bonchev–Trinajstić information content (AvgIpc) is 0.712. The highest BCUT2D eigenvalue weighted by Gasteiger charge is 2.27. The van der Waals surface area contributed by atoms with E-state index in [1.165, 1.54) is 199 Å². The Bertz CT molecular complexity index is 6320. The number of nitrogens with zero attached hydrogens (tertiary/aromatic N) is 4. The Morgan fingerprint density at radius 1 is 0.177 bits per heavy atom. The third kappa shape index (κ3) is 13.2. The molecule has 0 amide bonds. The Kier molecular flexibility index (Phi) is 19.4. The van der Waals surface area contributed by atoms with Gasteiger partial charge in [-0.1, -0.05) is 245 Å². The lowest BCUT2D eigenvalue weighted by atomic mass is 9.88. The molecule has 0 N–H and O–H groups in total. The SMILES string of the molecule is Cc1ccc(N(c2ccc(C(C)C)cc2)c2ccc3c4cccc5c(N(c6ccc(C(C)C)cc6)c6ccc(C(C)C)cc6)ccc(c6cccc2c63)c54)cc1C.Cc1cccc(N(c2ccc(C)c(C(C)C)c2)c2ccc3c4cccc5c(N(c6cccc(C)c6)c6ccc(C)c(C(C)C)c6)ccc(c6cccc2c63)c54)c1. The molecule has 0 aliphatic rings. The zero-order valence-corrected chi connectivity index (χ0v) is 68.5. The molecule has 0 fully saturated rings. The Hall–Kier alpha value is -12.2. The van der Waals surface area contributed by atoms with Crippen LogP contribution in [0, 0.1) is 41.5 Å². The van der Waals surface area contributed by atoms with Crippen molar-refractivity contribution in [1.29, 1.82) is 0 Å². The monoisotopic (exact) mass is 1470 g/mol. The van der Waals surface area contributed by atoms with Gasteiger partial charge in [-0.05, 0) is 318 Å². The van der Waals surface area contributed by atoms with E-state index in [0.29, 0.717) is 29.6 Å². The minimum absolute atomic E-state index is 0.428. The summed E-state index contributed by atoms with van der Waals surface area (Å²) >= 11 is 0. The standard InChI is InChI=1S/C55H52N2.C54H50N2/c1-34(2)39-16-23-42(24-17-39)56(43-25-18-40(19-26-43)35(3)4)52-31-29-48-47-12-10-14-51-53(32-30-49(55(47)51)46-11-9-13-50(52)54(46)48)57(45-22-15-37(7)38(8)33-45)44-27-20-41(21-28-44)36(5)6;1-33(2)49-31-41(23-21-37(49)7)55(39-15-9-13-35(5)29-39)51-27-25-45-44-18-12-20-48-52(28-26-46(54(44)48)43-17-11-19-47(51)53(43)45)56(40-16-10-14-36(6)30-40)42-24-22-38(8)50(32-42)34(3)4/h9-36H,1-8H3;9-34H,1-8H3. The van der Waals surface area contributed by atoms with Crippen LogP contribution in [0.2, 0.25) is 0 Å². The molecular weight excluding hydrogens is 1370 g/mol. The third-order valence-corrected chi connectivity index (χ3v) is 24.2. The van der Waals surface area contributed by atoms with Gasteiger partial charge in [0.1, 0.15) is 0 Å². The summed E-state index contributed by atoms with van der Waals surface area (Å²) in [5.74, 6) is 2.27. The van der Waals surface area contributed by atoms with E-state index in [2.05, 4.69) is 428 Å². The van der Waals surface area contributed by atoms with Crippen LogP contribution in [0.1, 0.15) is 160 Å². The maximum absolute atomic E-state index is 2.47. The van der Waals surface area contributed by atoms with E-state index in [9.17, 15) is 0 Å². The quantitative estimate of drug-likeness (QED) is 0.0665. The van der Waals surface area contributed by atoms with Crippen molar-refractivity contribution in [3.63, 3.8) is 0 Å². The van der Waals surface area contributed by atoms with E-state index >= 15 is 0 Å². The molecule has 0 heterocycles. The maximum Gasteiger partial charge on any atom is 0.0540 e. The molecule has 0 aromatic heterocycles. The number of aryl methyl sites for hydroxylation is 6. The first-order valence-electron chi connectivity index (χ1n) is 40.8. The van der Waals surface area contributed by atoms with Crippen LogP contribution >= 0.6 is 0 Å². The first-order chi connectivity index (χ1) is 54.7. The molecule has 18 aromatic carbocycles. The van der Waals surface area contributed by atoms with Crippen LogP contribution < -0.4 is 19.6 Å². The van der Waals surface area contributed by atoms with Gasteiger partial charge in [0.05, 0.1) is 22.7 Å². The van der Waals surface area contributed by atoms with Crippen molar-refractivity contribution < 1.29 is 0 Å². The smallest absolute Gasteiger partial charge is 0.0540 e. The van der Waals surface area contributed by atoms with Crippen molar-refractivity contribution in [2.75, 3.05) is 19.6 Å². The summed E-state index contributed by atoms with van der Waals surface area (Å²) in [7, 11) is 0. The van der Waals surface area contributed by atoms with Crippen LogP contribution in [0.25, 0.3) is 86.2 Å². The Morgan fingerprint density at radius 2 is 0.416 bits per heavy atom. The molecule has 18 rings (SSSR count).